The average molecular weight is 301 g/mol. The largest absolute Gasteiger partial charge is 0.469 e. The Balaban J connectivity index is 2.04. The van der Waals surface area contributed by atoms with Crippen LogP contribution in [0.15, 0.2) is 22.8 Å². The highest BCUT2D eigenvalue weighted by Gasteiger charge is 1.99. The molecule has 0 aliphatic carbocycles. The van der Waals surface area contributed by atoms with Crippen molar-refractivity contribution < 1.29 is 9.53 Å². The minimum absolute atomic E-state index is 0.132. The second-order valence-electron chi connectivity index (χ2n) is 3.68. The topological polar surface area (TPSA) is 51.2 Å². The lowest BCUT2D eigenvalue weighted by Gasteiger charge is -2.05. The molecule has 1 aromatic rings. The van der Waals surface area contributed by atoms with E-state index in [4.69, 9.17) is 0 Å². The highest BCUT2D eigenvalue weighted by Crippen LogP contribution is 2.10. The number of halogens is 1. The van der Waals surface area contributed by atoms with Gasteiger partial charge in [-0.2, -0.15) is 0 Å². The fraction of sp³-hybridized carbons (Fsp3) is 0.500. The molecule has 0 fully saturated rings. The summed E-state index contributed by atoms with van der Waals surface area (Å²) in [6.07, 6.45) is 5.18. The van der Waals surface area contributed by atoms with Gasteiger partial charge in [-0.25, -0.2) is 4.98 Å². The third-order valence-electron chi connectivity index (χ3n) is 2.32. The quantitative estimate of drug-likeness (QED) is 0.621. The molecule has 94 valence electrons. The minimum atomic E-state index is -0.132. The Morgan fingerprint density at radius 2 is 2.24 bits per heavy atom. The van der Waals surface area contributed by atoms with Crippen molar-refractivity contribution in [2.75, 3.05) is 19.0 Å². The van der Waals surface area contributed by atoms with E-state index in [9.17, 15) is 4.79 Å². The summed E-state index contributed by atoms with van der Waals surface area (Å²) in [5.74, 6) is 0.744. The molecule has 0 atom stereocenters. The number of unbranched alkanes of at least 4 members (excludes halogenated alkanes) is 2. The van der Waals surface area contributed by atoms with Crippen LogP contribution in [0.2, 0.25) is 0 Å². The van der Waals surface area contributed by atoms with Gasteiger partial charge in [0.1, 0.15) is 5.82 Å². The molecule has 0 aliphatic heterocycles. The second-order valence-corrected chi connectivity index (χ2v) is 4.59. The van der Waals surface area contributed by atoms with Gasteiger partial charge in [-0.15, -0.1) is 0 Å². The lowest BCUT2D eigenvalue weighted by molar-refractivity contribution is -0.140. The molecule has 0 saturated carbocycles. The van der Waals surface area contributed by atoms with Gasteiger partial charge in [-0.3, -0.25) is 4.79 Å². The highest BCUT2D eigenvalue weighted by atomic mass is 79.9. The molecule has 0 aliphatic rings. The number of anilines is 1. The monoisotopic (exact) mass is 300 g/mol. The molecular weight excluding hydrogens is 284 g/mol. The number of carbonyl (C=O) groups excluding carboxylic acids is 1. The summed E-state index contributed by atoms with van der Waals surface area (Å²) in [4.78, 5) is 15.1. The van der Waals surface area contributed by atoms with E-state index in [1.807, 2.05) is 12.1 Å². The Morgan fingerprint density at radius 1 is 1.41 bits per heavy atom. The van der Waals surface area contributed by atoms with Crippen LogP contribution in [0.1, 0.15) is 25.7 Å². The van der Waals surface area contributed by atoms with Gasteiger partial charge in [0.05, 0.1) is 7.11 Å². The summed E-state index contributed by atoms with van der Waals surface area (Å²) in [7, 11) is 1.42. The van der Waals surface area contributed by atoms with E-state index in [1.165, 1.54) is 7.11 Å². The SMILES string of the molecule is COC(=O)CCCCCNc1ccc(Br)cn1. The van der Waals surface area contributed by atoms with Crippen LogP contribution in [0.3, 0.4) is 0 Å². The zero-order chi connectivity index (χ0) is 12.5. The number of pyridine rings is 1. The number of esters is 1. The van der Waals surface area contributed by atoms with E-state index in [-0.39, 0.29) is 5.97 Å². The van der Waals surface area contributed by atoms with Crippen LogP contribution >= 0.6 is 15.9 Å². The molecule has 0 radical (unpaired) electrons. The van der Waals surface area contributed by atoms with Gasteiger partial charge in [0.25, 0.3) is 0 Å². The van der Waals surface area contributed by atoms with Gasteiger partial charge in [0, 0.05) is 23.6 Å². The molecule has 0 amide bonds. The average Bonchev–Trinajstić information content (AvgIpc) is 2.35. The molecule has 5 heteroatoms. The van der Waals surface area contributed by atoms with Crippen molar-refractivity contribution >= 4 is 27.7 Å². The molecule has 0 bridgehead atoms. The normalized spacial score (nSPS) is 10.0. The number of ether oxygens (including phenoxy) is 1. The first kappa shape index (κ1) is 14.0. The number of hydrogen-bond acceptors (Lipinski definition) is 4. The zero-order valence-electron chi connectivity index (χ0n) is 9.91. The maximum atomic E-state index is 10.8. The van der Waals surface area contributed by atoms with Crippen LogP contribution in [0.5, 0.6) is 0 Å². The first-order valence-electron chi connectivity index (χ1n) is 5.64. The molecule has 0 aromatic carbocycles. The van der Waals surface area contributed by atoms with Crippen molar-refractivity contribution in [2.24, 2.45) is 0 Å². The van der Waals surface area contributed by atoms with Crippen molar-refractivity contribution in [3.63, 3.8) is 0 Å². The van der Waals surface area contributed by atoms with Crippen LogP contribution in [-0.4, -0.2) is 24.6 Å². The predicted molar refractivity (Wildman–Crippen MR) is 70.9 cm³/mol. The summed E-state index contributed by atoms with van der Waals surface area (Å²) < 4.78 is 5.54. The van der Waals surface area contributed by atoms with Gasteiger partial charge >= 0.3 is 5.97 Å². The number of hydrogen-bond donors (Lipinski definition) is 1. The van der Waals surface area contributed by atoms with E-state index < -0.39 is 0 Å². The summed E-state index contributed by atoms with van der Waals surface area (Å²) in [5, 5.41) is 3.23. The van der Waals surface area contributed by atoms with Crippen molar-refractivity contribution in [1.82, 2.24) is 4.98 Å². The molecule has 0 unspecified atom stereocenters. The van der Waals surface area contributed by atoms with Crippen molar-refractivity contribution in [1.29, 1.82) is 0 Å². The Hall–Kier alpha value is -1.10. The van der Waals surface area contributed by atoms with Gasteiger partial charge < -0.3 is 10.1 Å². The molecule has 1 N–H and O–H groups in total. The zero-order valence-corrected chi connectivity index (χ0v) is 11.5. The van der Waals surface area contributed by atoms with E-state index in [2.05, 4.69) is 31.0 Å². The number of carbonyl (C=O) groups is 1. The molecule has 17 heavy (non-hydrogen) atoms. The van der Waals surface area contributed by atoms with Crippen LogP contribution < -0.4 is 5.32 Å². The van der Waals surface area contributed by atoms with E-state index >= 15 is 0 Å². The third-order valence-corrected chi connectivity index (χ3v) is 2.79. The number of nitrogens with zero attached hydrogens (tertiary/aromatic N) is 1. The number of nitrogens with one attached hydrogen (secondary N) is 1. The Kier molecular flexibility index (Phi) is 6.62. The van der Waals surface area contributed by atoms with E-state index in [1.54, 1.807) is 6.20 Å². The molecule has 4 nitrogen and oxygen atoms in total. The van der Waals surface area contributed by atoms with Crippen molar-refractivity contribution in [3.8, 4) is 0 Å². The lowest BCUT2D eigenvalue weighted by Crippen LogP contribution is -2.04. The van der Waals surface area contributed by atoms with Gasteiger partial charge in [-0.05, 0) is 40.9 Å². The Morgan fingerprint density at radius 3 is 2.88 bits per heavy atom. The van der Waals surface area contributed by atoms with E-state index in [0.29, 0.717) is 6.42 Å². The molecule has 1 aromatic heterocycles. The fourth-order valence-corrected chi connectivity index (χ4v) is 1.60. The minimum Gasteiger partial charge on any atom is -0.469 e. The van der Waals surface area contributed by atoms with Crippen LogP contribution in [0.25, 0.3) is 0 Å². The molecule has 0 saturated heterocycles. The third kappa shape index (κ3) is 6.26. The highest BCUT2D eigenvalue weighted by molar-refractivity contribution is 9.10. The van der Waals surface area contributed by atoms with Crippen LogP contribution in [-0.2, 0) is 9.53 Å². The molecule has 1 rings (SSSR count). The second kappa shape index (κ2) is 8.06. The number of methoxy groups -OCH3 is 1. The van der Waals surface area contributed by atoms with Gasteiger partial charge in [-0.1, -0.05) is 6.42 Å². The molecular formula is C12H17BrN2O2. The predicted octanol–water partition coefficient (Wildman–Crippen LogP) is 2.99. The fourth-order valence-electron chi connectivity index (χ4n) is 1.37. The Labute approximate surface area is 110 Å². The lowest BCUT2D eigenvalue weighted by atomic mass is 10.2. The molecule has 0 spiro atoms. The van der Waals surface area contributed by atoms with Crippen LogP contribution in [0, 0.1) is 0 Å². The number of aromatic nitrogens is 1. The summed E-state index contributed by atoms with van der Waals surface area (Å²) >= 11 is 3.33. The first-order chi connectivity index (χ1) is 8.22. The van der Waals surface area contributed by atoms with Crippen molar-refractivity contribution in [2.45, 2.75) is 25.7 Å². The number of rotatable bonds is 7. The summed E-state index contributed by atoms with van der Waals surface area (Å²) in [5.41, 5.74) is 0. The first-order valence-corrected chi connectivity index (χ1v) is 6.44. The van der Waals surface area contributed by atoms with E-state index in [0.717, 1.165) is 36.1 Å². The summed E-state index contributed by atoms with van der Waals surface area (Å²) in [6, 6.07) is 3.88. The maximum Gasteiger partial charge on any atom is 0.305 e. The van der Waals surface area contributed by atoms with Gasteiger partial charge in [0.2, 0.25) is 0 Å². The Bertz CT molecular complexity index is 341. The summed E-state index contributed by atoms with van der Waals surface area (Å²) in [6.45, 7) is 0.871. The standard InChI is InChI=1S/C12H17BrN2O2/c1-17-12(16)5-3-2-4-8-14-11-7-6-10(13)9-15-11/h6-7,9H,2-5,8H2,1H3,(H,14,15). The maximum absolute atomic E-state index is 10.8. The van der Waals surface area contributed by atoms with Crippen molar-refractivity contribution in [3.05, 3.63) is 22.8 Å². The van der Waals surface area contributed by atoms with Gasteiger partial charge in [0.15, 0.2) is 0 Å². The van der Waals surface area contributed by atoms with Crippen LogP contribution in [0.4, 0.5) is 5.82 Å². The smallest absolute Gasteiger partial charge is 0.305 e. The molecule has 1 heterocycles.